The molecule has 19 heavy (non-hydrogen) atoms. The lowest BCUT2D eigenvalue weighted by molar-refractivity contribution is 0.132. The average molecular weight is 307 g/mol. The first kappa shape index (κ1) is 18.7. The number of rotatable bonds is 6. The summed E-state index contributed by atoms with van der Waals surface area (Å²) in [6.45, 7) is 0.610. The first-order valence-corrected chi connectivity index (χ1v) is 6.46. The van der Waals surface area contributed by atoms with Gasteiger partial charge in [-0.05, 0) is 24.8 Å². The third-order valence-corrected chi connectivity index (χ3v) is 3.53. The van der Waals surface area contributed by atoms with Crippen LogP contribution in [0.1, 0.15) is 24.8 Å². The van der Waals surface area contributed by atoms with Crippen LogP contribution in [0.25, 0.3) is 0 Å². The highest BCUT2D eigenvalue weighted by Crippen LogP contribution is 2.17. The summed E-state index contributed by atoms with van der Waals surface area (Å²) in [5, 5.41) is 13.3. The Balaban J connectivity index is 0.00000162. The molecular formula is C14H24Cl2N2O. The predicted molar refractivity (Wildman–Crippen MR) is 84.3 cm³/mol. The maximum atomic E-state index is 9.96. The Morgan fingerprint density at radius 2 is 1.84 bits per heavy atom. The van der Waals surface area contributed by atoms with Crippen LogP contribution in [0.3, 0.4) is 0 Å². The third-order valence-electron chi connectivity index (χ3n) is 3.53. The summed E-state index contributed by atoms with van der Waals surface area (Å²) >= 11 is 0. The molecule has 0 saturated heterocycles. The fourth-order valence-electron chi connectivity index (χ4n) is 2.07. The van der Waals surface area contributed by atoms with Crippen molar-refractivity contribution in [2.75, 3.05) is 6.54 Å². The fraction of sp³-hybridized carbons (Fsp3) is 0.571. The van der Waals surface area contributed by atoms with Gasteiger partial charge in [-0.3, -0.25) is 0 Å². The van der Waals surface area contributed by atoms with Crippen molar-refractivity contribution in [2.45, 2.75) is 43.9 Å². The van der Waals surface area contributed by atoms with Gasteiger partial charge in [0.05, 0.1) is 6.10 Å². The van der Waals surface area contributed by atoms with E-state index in [4.69, 9.17) is 5.73 Å². The second-order valence-electron chi connectivity index (χ2n) is 4.96. The highest BCUT2D eigenvalue weighted by atomic mass is 35.5. The van der Waals surface area contributed by atoms with E-state index in [-0.39, 0.29) is 30.9 Å². The van der Waals surface area contributed by atoms with Crippen LogP contribution < -0.4 is 11.1 Å². The summed E-state index contributed by atoms with van der Waals surface area (Å²) < 4.78 is 0. The molecular weight excluding hydrogens is 283 g/mol. The summed E-state index contributed by atoms with van der Waals surface area (Å²) in [6.07, 6.45) is 4.05. The van der Waals surface area contributed by atoms with Gasteiger partial charge in [0.1, 0.15) is 0 Å². The van der Waals surface area contributed by atoms with Crippen LogP contribution in [-0.4, -0.2) is 29.8 Å². The van der Waals surface area contributed by atoms with Gasteiger partial charge in [0.2, 0.25) is 0 Å². The number of halogens is 2. The second kappa shape index (κ2) is 9.56. The van der Waals surface area contributed by atoms with Crippen molar-refractivity contribution in [1.29, 1.82) is 0 Å². The summed E-state index contributed by atoms with van der Waals surface area (Å²) in [5.41, 5.74) is 7.19. The van der Waals surface area contributed by atoms with E-state index in [0.717, 1.165) is 6.42 Å². The molecule has 0 spiro atoms. The monoisotopic (exact) mass is 306 g/mol. The van der Waals surface area contributed by atoms with Gasteiger partial charge in [-0.25, -0.2) is 0 Å². The van der Waals surface area contributed by atoms with Crippen molar-refractivity contribution in [3.05, 3.63) is 35.9 Å². The van der Waals surface area contributed by atoms with E-state index in [1.165, 1.54) is 24.8 Å². The van der Waals surface area contributed by atoms with E-state index >= 15 is 0 Å². The fourth-order valence-corrected chi connectivity index (χ4v) is 2.07. The Kier molecular flexibility index (Phi) is 9.40. The Labute approximate surface area is 127 Å². The van der Waals surface area contributed by atoms with Crippen LogP contribution in [0, 0.1) is 0 Å². The molecule has 1 fully saturated rings. The van der Waals surface area contributed by atoms with E-state index in [0.29, 0.717) is 12.6 Å². The Morgan fingerprint density at radius 1 is 1.21 bits per heavy atom. The van der Waals surface area contributed by atoms with Crippen LogP contribution >= 0.6 is 24.8 Å². The van der Waals surface area contributed by atoms with Gasteiger partial charge in [0.15, 0.2) is 0 Å². The molecule has 110 valence electrons. The lowest BCUT2D eigenvalue weighted by atomic mass is 9.92. The van der Waals surface area contributed by atoms with Crippen LogP contribution in [0.2, 0.25) is 0 Å². The minimum Gasteiger partial charge on any atom is -0.390 e. The zero-order chi connectivity index (χ0) is 12.1. The van der Waals surface area contributed by atoms with Crippen molar-refractivity contribution in [1.82, 2.24) is 5.32 Å². The standard InChI is InChI=1S/C14H22N2O.2ClH/c15-13(9-11-5-2-1-3-6-11)14(17)10-16-12-7-4-8-12;;/h1-3,5-6,12-14,16-17H,4,7-10,15H2;2*1H/t13-,14+;;/m0../s1. The molecule has 0 radical (unpaired) electrons. The number of aliphatic hydroxyl groups excluding tert-OH is 1. The topological polar surface area (TPSA) is 58.3 Å². The normalized spacial score (nSPS) is 17.6. The van der Waals surface area contributed by atoms with Crippen LogP contribution in [-0.2, 0) is 6.42 Å². The van der Waals surface area contributed by atoms with Crippen molar-refractivity contribution in [3.8, 4) is 0 Å². The molecule has 1 aliphatic carbocycles. The number of hydrogen-bond donors (Lipinski definition) is 3. The van der Waals surface area contributed by atoms with Gasteiger partial charge in [0, 0.05) is 18.6 Å². The second-order valence-corrected chi connectivity index (χ2v) is 4.96. The third kappa shape index (κ3) is 6.11. The Bertz CT molecular complexity index is 333. The number of nitrogens with one attached hydrogen (secondary N) is 1. The summed E-state index contributed by atoms with van der Waals surface area (Å²) in [4.78, 5) is 0. The molecule has 0 aliphatic heterocycles. The Morgan fingerprint density at radius 3 is 2.37 bits per heavy atom. The molecule has 0 unspecified atom stereocenters. The summed E-state index contributed by atoms with van der Waals surface area (Å²) in [7, 11) is 0. The van der Waals surface area contributed by atoms with Gasteiger partial charge in [0.25, 0.3) is 0 Å². The van der Waals surface area contributed by atoms with E-state index in [2.05, 4.69) is 5.32 Å². The first-order chi connectivity index (χ1) is 8.25. The number of aliphatic hydroxyl groups is 1. The molecule has 1 aliphatic rings. The maximum Gasteiger partial charge on any atom is 0.0818 e. The van der Waals surface area contributed by atoms with Crippen LogP contribution in [0.5, 0.6) is 0 Å². The molecule has 5 heteroatoms. The maximum absolute atomic E-state index is 9.96. The molecule has 0 amide bonds. The van der Waals surface area contributed by atoms with Crippen molar-refractivity contribution >= 4 is 24.8 Å². The smallest absolute Gasteiger partial charge is 0.0818 e. The van der Waals surface area contributed by atoms with Gasteiger partial charge in [-0.2, -0.15) is 0 Å². The van der Waals surface area contributed by atoms with E-state index in [1.54, 1.807) is 0 Å². The van der Waals surface area contributed by atoms with E-state index < -0.39 is 6.10 Å². The minimum absolute atomic E-state index is 0. The summed E-state index contributed by atoms with van der Waals surface area (Å²) in [5.74, 6) is 0. The quantitative estimate of drug-likeness (QED) is 0.752. The van der Waals surface area contributed by atoms with Crippen molar-refractivity contribution in [3.63, 3.8) is 0 Å². The highest BCUT2D eigenvalue weighted by Gasteiger charge is 2.20. The highest BCUT2D eigenvalue weighted by molar-refractivity contribution is 5.85. The minimum atomic E-state index is -0.462. The molecule has 3 nitrogen and oxygen atoms in total. The predicted octanol–water partition coefficient (Wildman–Crippen LogP) is 1.90. The van der Waals surface area contributed by atoms with Gasteiger partial charge < -0.3 is 16.2 Å². The molecule has 1 aromatic rings. The van der Waals surface area contributed by atoms with Crippen LogP contribution in [0.15, 0.2) is 30.3 Å². The molecule has 1 aromatic carbocycles. The molecule has 0 heterocycles. The lowest BCUT2D eigenvalue weighted by Crippen LogP contribution is -2.47. The van der Waals surface area contributed by atoms with E-state index in [1.807, 2.05) is 30.3 Å². The van der Waals surface area contributed by atoms with Crippen LogP contribution in [0.4, 0.5) is 0 Å². The first-order valence-electron chi connectivity index (χ1n) is 6.46. The average Bonchev–Trinajstić information content (AvgIpc) is 2.28. The number of hydrogen-bond acceptors (Lipinski definition) is 3. The van der Waals surface area contributed by atoms with Gasteiger partial charge in [-0.1, -0.05) is 36.8 Å². The van der Waals surface area contributed by atoms with Crippen molar-refractivity contribution < 1.29 is 5.11 Å². The summed E-state index contributed by atoms with van der Waals surface area (Å²) in [6, 6.07) is 10.5. The lowest BCUT2D eigenvalue weighted by Gasteiger charge is -2.29. The van der Waals surface area contributed by atoms with Crippen molar-refractivity contribution in [2.24, 2.45) is 5.73 Å². The molecule has 0 aromatic heterocycles. The zero-order valence-corrected chi connectivity index (χ0v) is 12.6. The number of nitrogens with two attached hydrogens (primary N) is 1. The molecule has 2 rings (SSSR count). The van der Waals surface area contributed by atoms with E-state index in [9.17, 15) is 5.11 Å². The molecule has 1 saturated carbocycles. The zero-order valence-electron chi connectivity index (χ0n) is 11.0. The largest absolute Gasteiger partial charge is 0.390 e. The Hall–Kier alpha value is -0.320. The molecule has 0 bridgehead atoms. The number of benzene rings is 1. The molecule has 2 atom stereocenters. The van der Waals surface area contributed by atoms with Gasteiger partial charge >= 0.3 is 0 Å². The molecule has 4 N–H and O–H groups in total. The SMILES string of the molecule is Cl.Cl.N[C@@H](Cc1ccccc1)[C@H](O)CNC1CCC1. The van der Waals surface area contributed by atoms with Gasteiger partial charge in [-0.15, -0.1) is 24.8 Å².